The van der Waals surface area contributed by atoms with Crippen molar-refractivity contribution in [3.8, 4) is 6.01 Å². The predicted molar refractivity (Wildman–Crippen MR) is 80.5 cm³/mol. The van der Waals surface area contributed by atoms with Crippen molar-refractivity contribution in [2.75, 3.05) is 0 Å². The SMILES string of the molecule is Cc1ccnc(OC(c2ccc(Br)c(C)c2F)S(=O)(=O)O)n1. The zero-order chi connectivity index (χ0) is 16.5. The molecule has 0 fully saturated rings. The van der Waals surface area contributed by atoms with Crippen LogP contribution in [-0.2, 0) is 10.1 Å². The van der Waals surface area contributed by atoms with E-state index < -0.39 is 21.4 Å². The van der Waals surface area contributed by atoms with Crippen LogP contribution in [0, 0.1) is 19.7 Å². The van der Waals surface area contributed by atoms with Gasteiger partial charge in [-0.25, -0.2) is 14.4 Å². The van der Waals surface area contributed by atoms with Gasteiger partial charge in [-0.3, -0.25) is 4.55 Å². The normalized spacial score (nSPS) is 13.0. The second-order valence-electron chi connectivity index (χ2n) is 4.52. The summed E-state index contributed by atoms with van der Waals surface area (Å²) in [5.41, 5.74) is -1.55. The first-order valence-electron chi connectivity index (χ1n) is 6.07. The Morgan fingerprint density at radius 2 is 2.00 bits per heavy atom. The topological polar surface area (TPSA) is 89.4 Å². The van der Waals surface area contributed by atoms with Gasteiger partial charge in [0.1, 0.15) is 5.82 Å². The highest BCUT2D eigenvalue weighted by atomic mass is 79.9. The molecule has 1 unspecified atom stereocenters. The van der Waals surface area contributed by atoms with Gasteiger partial charge in [-0.15, -0.1) is 0 Å². The molecule has 0 spiro atoms. The van der Waals surface area contributed by atoms with Gasteiger partial charge >= 0.3 is 16.1 Å². The Morgan fingerprint density at radius 1 is 1.32 bits per heavy atom. The van der Waals surface area contributed by atoms with E-state index in [1.807, 2.05) is 0 Å². The van der Waals surface area contributed by atoms with Gasteiger partial charge in [-0.05, 0) is 31.5 Å². The van der Waals surface area contributed by atoms with E-state index in [4.69, 9.17) is 4.74 Å². The highest BCUT2D eigenvalue weighted by molar-refractivity contribution is 9.10. The van der Waals surface area contributed by atoms with Gasteiger partial charge in [0, 0.05) is 21.9 Å². The third-order valence-electron chi connectivity index (χ3n) is 2.86. The maximum absolute atomic E-state index is 14.3. The lowest BCUT2D eigenvalue weighted by molar-refractivity contribution is 0.237. The average molecular weight is 391 g/mol. The molecule has 1 N–H and O–H groups in total. The van der Waals surface area contributed by atoms with Crippen LogP contribution < -0.4 is 4.74 Å². The maximum Gasteiger partial charge on any atom is 0.318 e. The molecule has 6 nitrogen and oxygen atoms in total. The molecule has 22 heavy (non-hydrogen) atoms. The summed E-state index contributed by atoms with van der Waals surface area (Å²) in [4.78, 5) is 7.63. The Morgan fingerprint density at radius 3 is 2.59 bits per heavy atom. The van der Waals surface area contributed by atoms with E-state index >= 15 is 0 Å². The largest absolute Gasteiger partial charge is 0.436 e. The zero-order valence-electron chi connectivity index (χ0n) is 11.6. The van der Waals surface area contributed by atoms with Gasteiger partial charge in [-0.1, -0.05) is 22.0 Å². The summed E-state index contributed by atoms with van der Waals surface area (Å²) < 4.78 is 52.4. The standard InChI is InChI=1S/C13H12BrFN2O4S/c1-7-5-6-16-13(17-7)21-12(22(18,19)20)9-3-4-10(14)8(2)11(9)15/h3-6,12H,1-2H3,(H,18,19,20). The van der Waals surface area contributed by atoms with E-state index in [2.05, 4.69) is 25.9 Å². The molecule has 118 valence electrons. The Kier molecular flexibility index (Phi) is 4.78. The van der Waals surface area contributed by atoms with Crippen LogP contribution in [-0.4, -0.2) is 22.9 Å². The third-order valence-corrected chi connectivity index (χ3v) is 4.61. The highest BCUT2D eigenvalue weighted by Crippen LogP contribution is 2.30. The number of aromatic nitrogens is 2. The lowest BCUT2D eigenvalue weighted by Gasteiger charge is -2.17. The average Bonchev–Trinajstić information content (AvgIpc) is 2.42. The van der Waals surface area contributed by atoms with Crippen LogP contribution in [0.5, 0.6) is 6.01 Å². The van der Waals surface area contributed by atoms with Crippen molar-refractivity contribution in [3.63, 3.8) is 0 Å². The molecule has 1 heterocycles. The van der Waals surface area contributed by atoms with Crippen molar-refractivity contribution in [1.29, 1.82) is 0 Å². The molecule has 0 radical (unpaired) electrons. The zero-order valence-corrected chi connectivity index (χ0v) is 14.0. The molecule has 0 aliphatic rings. The summed E-state index contributed by atoms with van der Waals surface area (Å²) in [6, 6.07) is 3.98. The Labute approximate surface area is 135 Å². The van der Waals surface area contributed by atoms with Crippen LogP contribution >= 0.6 is 15.9 Å². The fourth-order valence-electron chi connectivity index (χ4n) is 1.73. The van der Waals surface area contributed by atoms with Crippen LogP contribution in [0.1, 0.15) is 22.3 Å². The van der Waals surface area contributed by atoms with Gasteiger partial charge in [-0.2, -0.15) is 8.42 Å². The third kappa shape index (κ3) is 3.60. The summed E-state index contributed by atoms with van der Waals surface area (Å²) >= 11 is 3.14. The van der Waals surface area contributed by atoms with Gasteiger partial charge in [0.25, 0.3) is 5.44 Å². The van der Waals surface area contributed by atoms with E-state index in [0.29, 0.717) is 10.2 Å². The Bertz CT molecular complexity index is 814. The molecular formula is C13H12BrFN2O4S. The molecule has 2 rings (SSSR count). The smallest absolute Gasteiger partial charge is 0.318 e. The first kappa shape index (κ1) is 16.8. The molecule has 0 saturated carbocycles. The van der Waals surface area contributed by atoms with Gasteiger partial charge in [0.05, 0.1) is 0 Å². The lowest BCUT2D eigenvalue weighted by atomic mass is 10.1. The minimum atomic E-state index is -4.74. The Hall–Kier alpha value is -1.58. The number of hydrogen-bond donors (Lipinski definition) is 1. The quantitative estimate of drug-likeness (QED) is 0.807. The summed E-state index contributed by atoms with van der Waals surface area (Å²) in [6.45, 7) is 3.12. The van der Waals surface area contributed by atoms with Crippen molar-refractivity contribution >= 4 is 26.0 Å². The van der Waals surface area contributed by atoms with Crippen LogP contribution in [0.4, 0.5) is 4.39 Å². The number of halogens is 2. The van der Waals surface area contributed by atoms with E-state index in [9.17, 15) is 17.4 Å². The molecular weight excluding hydrogens is 379 g/mol. The molecule has 0 amide bonds. The summed E-state index contributed by atoms with van der Waals surface area (Å²) in [5, 5.41) is 0. The molecule has 0 bridgehead atoms. The second kappa shape index (κ2) is 6.27. The second-order valence-corrected chi connectivity index (χ2v) is 6.83. The maximum atomic E-state index is 14.3. The van der Waals surface area contributed by atoms with Crippen LogP contribution in [0.25, 0.3) is 0 Å². The minimum Gasteiger partial charge on any atom is -0.436 e. The highest BCUT2D eigenvalue weighted by Gasteiger charge is 2.32. The summed E-state index contributed by atoms with van der Waals surface area (Å²) in [7, 11) is -4.74. The van der Waals surface area contributed by atoms with Crippen LogP contribution in [0.15, 0.2) is 28.9 Å². The van der Waals surface area contributed by atoms with Crippen molar-refractivity contribution in [3.05, 3.63) is 51.5 Å². The number of aryl methyl sites for hydroxylation is 1. The van der Waals surface area contributed by atoms with E-state index in [0.717, 1.165) is 0 Å². The fraction of sp³-hybridized carbons (Fsp3) is 0.231. The fourth-order valence-corrected chi connectivity index (χ4v) is 2.74. The van der Waals surface area contributed by atoms with E-state index in [1.54, 1.807) is 13.0 Å². The van der Waals surface area contributed by atoms with Crippen molar-refractivity contribution in [2.24, 2.45) is 0 Å². The molecule has 0 aliphatic heterocycles. The molecule has 1 aromatic heterocycles. The van der Waals surface area contributed by atoms with Crippen LogP contribution in [0.2, 0.25) is 0 Å². The van der Waals surface area contributed by atoms with E-state index in [1.165, 1.54) is 25.3 Å². The first-order valence-corrected chi connectivity index (χ1v) is 8.37. The monoisotopic (exact) mass is 390 g/mol. The van der Waals surface area contributed by atoms with Gasteiger partial charge in [0.15, 0.2) is 0 Å². The molecule has 0 saturated heterocycles. The predicted octanol–water partition coefficient (Wildman–Crippen LogP) is 2.96. The van der Waals surface area contributed by atoms with Gasteiger partial charge in [0.2, 0.25) is 0 Å². The van der Waals surface area contributed by atoms with Gasteiger partial charge < -0.3 is 4.74 Å². The minimum absolute atomic E-state index is 0.194. The molecule has 9 heteroatoms. The molecule has 1 aromatic carbocycles. The molecule has 1 atom stereocenters. The molecule has 0 aliphatic carbocycles. The molecule has 2 aromatic rings. The summed E-state index contributed by atoms with van der Waals surface area (Å²) in [5.74, 6) is -0.801. The van der Waals surface area contributed by atoms with Crippen molar-refractivity contribution in [1.82, 2.24) is 9.97 Å². The summed E-state index contributed by atoms with van der Waals surface area (Å²) in [6.07, 6.45) is 1.36. The Balaban J connectivity index is 2.51. The van der Waals surface area contributed by atoms with Crippen molar-refractivity contribution < 1.29 is 22.1 Å². The lowest BCUT2D eigenvalue weighted by Crippen LogP contribution is -2.21. The van der Waals surface area contributed by atoms with E-state index in [-0.39, 0.29) is 17.1 Å². The first-order chi connectivity index (χ1) is 10.2. The number of hydrogen-bond acceptors (Lipinski definition) is 5. The van der Waals surface area contributed by atoms with Crippen LogP contribution in [0.3, 0.4) is 0 Å². The van der Waals surface area contributed by atoms with Crippen molar-refractivity contribution in [2.45, 2.75) is 19.3 Å². The number of nitrogens with zero attached hydrogens (tertiary/aromatic N) is 2. The number of benzene rings is 1. The number of rotatable bonds is 4. The number of ether oxygens (including phenoxy) is 1.